The molecule has 0 unspecified atom stereocenters. The van der Waals surface area contributed by atoms with Crippen molar-refractivity contribution >= 4 is 5.91 Å². The molecule has 0 aliphatic rings. The summed E-state index contributed by atoms with van der Waals surface area (Å²) in [5, 5.41) is 5.84. The predicted octanol–water partition coefficient (Wildman–Crippen LogP) is 1.10. The highest BCUT2D eigenvalue weighted by molar-refractivity contribution is 5.95. The summed E-state index contributed by atoms with van der Waals surface area (Å²) < 4.78 is 17.9. The van der Waals surface area contributed by atoms with Crippen molar-refractivity contribution in [3.8, 4) is 0 Å². The van der Waals surface area contributed by atoms with Crippen LogP contribution in [0.4, 0.5) is 4.39 Å². The Labute approximate surface area is 107 Å². The molecule has 0 saturated carbocycles. The van der Waals surface area contributed by atoms with Gasteiger partial charge < -0.3 is 15.4 Å². The Morgan fingerprint density at radius 1 is 1.33 bits per heavy atom. The summed E-state index contributed by atoms with van der Waals surface area (Å²) in [5.74, 6) is -0.649. The lowest BCUT2D eigenvalue weighted by atomic mass is 10.1. The van der Waals surface area contributed by atoms with Crippen LogP contribution in [0.1, 0.15) is 15.9 Å². The van der Waals surface area contributed by atoms with Gasteiger partial charge in [-0.1, -0.05) is 6.07 Å². The molecule has 0 bridgehead atoms. The van der Waals surface area contributed by atoms with Crippen molar-refractivity contribution in [3.05, 3.63) is 35.1 Å². The Kier molecular flexibility index (Phi) is 6.32. The minimum atomic E-state index is -0.399. The zero-order valence-corrected chi connectivity index (χ0v) is 10.8. The van der Waals surface area contributed by atoms with Gasteiger partial charge in [0, 0.05) is 32.3 Å². The third kappa shape index (κ3) is 4.81. The molecule has 0 aromatic heterocycles. The highest BCUT2D eigenvalue weighted by Gasteiger charge is 2.08. The molecule has 0 aliphatic carbocycles. The maximum atomic E-state index is 13.0. The van der Waals surface area contributed by atoms with Gasteiger partial charge in [0.25, 0.3) is 5.91 Å². The molecule has 2 N–H and O–H groups in total. The summed E-state index contributed by atoms with van der Waals surface area (Å²) >= 11 is 0. The Hall–Kier alpha value is -1.46. The Morgan fingerprint density at radius 2 is 2.11 bits per heavy atom. The van der Waals surface area contributed by atoms with Gasteiger partial charge in [0.05, 0.1) is 6.61 Å². The summed E-state index contributed by atoms with van der Waals surface area (Å²) in [7, 11) is 1.64. The second-order valence-corrected chi connectivity index (χ2v) is 3.96. The molecule has 1 amide bonds. The lowest BCUT2D eigenvalue weighted by molar-refractivity contribution is 0.0952. The number of carbonyl (C=O) groups is 1. The zero-order valence-electron chi connectivity index (χ0n) is 10.8. The third-order valence-corrected chi connectivity index (χ3v) is 2.51. The monoisotopic (exact) mass is 254 g/mol. The minimum Gasteiger partial charge on any atom is -0.383 e. The summed E-state index contributed by atoms with van der Waals surface area (Å²) in [6, 6.07) is 4.20. The van der Waals surface area contributed by atoms with Crippen molar-refractivity contribution in [1.29, 1.82) is 0 Å². The lowest BCUT2D eigenvalue weighted by Crippen LogP contribution is -2.33. The van der Waals surface area contributed by atoms with E-state index in [1.807, 2.05) is 0 Å². The number of ether oxygens (including phenoxy) is 1. The number of methoxy groups -OCH3 is 1. The van der Waals surface area contributed by atoms with E-state index in [0.29, 0.717) is 25.3 Å². The van der Waals surface area contributed by atoms with E-state index in [9.17, 15) is 9.18 Å². The number of nitrogens with one attached hydrogen (secondary N) is 2. The number of carbonyl (C=O) groups excluding carboxylic acids is 1. The Balaban J connectivity index is 2.34. The molecule has 18 heavy (non-hydrogen) atoms. The van der Waals surface area contributed by atoms with Crippen LogP contribution in [0.2, 0.25) is 0 Å². The summed E-state index contributed by atoms with van der Waals surface area (Å²) in [4.78, 5) is 11.8. The van der Waals surface area contributed by atoms with Gasteiger partial charge in [0.15, 0.2) is 0 Å². The van der Waals surface area contributed by atoms with Gasteiger partial charge in [0.1, 0.15) is 5.82 Å². The van der Waals surface area contributed by atoms with Crippen LogP contribution >= 0.6 is 0 Å². The van der Waals surface area contributed by atoms with Crippen LogP contribution in [0.25, 0.3) is 0 Å². The van der Waals surface area contributed by atoms with Crippen molar-refractivity contribution in [3.63, 3.8) is 0 Å². The van der Waals surface area contributed by atoms with E-state index < -0.39 is 5.82 Å². The van der Waals surface area contributed by atoms with Crippen LogP contribution in [0, 0.1) is 12.7 Å². The zero-order chi connectivity index (χ0) is 13.4. The smallest absolute Gasteiger partial charge is 0.251 e. The minimum absolute atomic E-state index is 0.249. The molecular weight excluding hydrogens is 235 g/mol. The van der Waals surface area contributed by atoms with E-state index in [0.717, 1.165) is 12.1 Å². The fourth-order valence-electron chi connectivity index (χ4n) is 1.50. The molecule has 4 nitrogen and oxygen atoms in total. The largest absolute Gasteiger partial charge is 0.383 e. The highest BCUT2D eigenvalue weighted by atomic mass is 19.1. The van der Waals surface area contributed by atoms with Crippen molar-refractivity contribution < 1.29 is 13.9 Å². The van der Waals surface area contributed by atoms with Crippen LogP contribution in [-0.4, -0.2) is 39.3 Å². The molecule has 0 fully saturated rings. The molecule has 1 aromatic rings. The molecule has 0 heterocycles. The maximum absolute atomic E-state index is 13.0. The first-order valence-corrected chi connectivity index (χ1v) is 5.89. The molecule has 0 aliphatic heterocycles. The summed E-state index contributed by atoms with van der Waals surface area (Å²) in [6.45, 7) is 4.31. The van der Waals surface area contributed by atoms with E-state index in [2.05, 4.69) is 10.6 Å². The average Bonchev–Trinajstić information content (AvgIpc) is 2.36. The quantitative estimate of drug-likeness (QED) is 0.716. The van der Waals surface area contributed by atoms with E-state index >= 15 is 0 Å². The first kappa shape index (κ1) is 14.6. The number of rotatable bonds is 7. The molecule has 0 spiro atoms. The van der Waals surface area contributed by atoms with Crippen LogP contribution in [0.5, 0.6) is 0 Å². The van der Waals surface area contributed by atoms with Crippen LogP contribution < -0.4 is 10.6 Å². The van der Waals surface area contributed by atoms with Gasteiger partial charge >= 0.3 is 0 Å². The Bertz CT molecular complexity index is 397. The number of benzene rings is 1. The average molecular weight is 254 g/mol. The fraction of sp³-hybridized carbons (Fsp3) is 0.462. The maximum Gasteiger partial charge on any atom is 0.251 e. The van der Waals surface area contributed by atoms with Crippen LogP contribution in [0.15, 0.2) is 18.2 Å². The van der Waals surface area contributed by atoms with Gasteiger partial charge in [-0.15, -0.1) is 0 Å². The molecule has 1 aromatic carbocycles. The Morgan fingerprint density at radius 3 is 2.83 bits per heavy atom. The van der Waals surface area contributed by atoms with Crippen molar-refractivity contribution in [1.82, 2.24) is 10.6 Å². The van der Waals surface area contributed by atoms with Gasteiger partial charge in [-0.25, -0.2) is 4.39 Å². The van der Waals surface area contributed by atoms with Crippen molar-refractivity contribution in [2.45, 2.75) is 6.92 Å². The van der Waals surface area contributed by atoms with E-state index in [1.54, 1.807) is 20.1 Å². The SMILES string of the molecule is COCCNCCNC(=O)c1cc(F)ccc1C. The molecule has 5 heteroatoms. The molecule has 1 rings (SSSR count). The molecule has 0 atom stereocenters. The second-order valence-electron chi connectivity index (χ2n) is 3.96. The fourth-order valence-corrected chi connectivity index (χ4v) is 1.50. The topological polar surface area (TPSA) is 50.4 Å². The second kappa shape index (κ2) is 7.79. The predicted molar refractivity (Wildman–Crippen MR) is 68.2 cm³/mol. The molecular formula is C13H19FN2O2. The van der Waals surface area contributed by atoms with Crippen molar-refractivity contribution in [2.75, 3.05) is 33.4 Å². The number of halogens is 1. The molecule has 0 radical (unpaired) electrons. The molecule has 0 saturated heterocycles. The standard InChI is InChI=1S/C13H19FN2O2/c1-10-3-4-11(14)9-12(10)13(17)16-6-5-15-7-8-18-2/h3-4,9,15H,5-8H2,1-2H3,(H,16,17). The van der Waals surface area contributed by atoms with Gasteiger partial charge in [0.2, 0.25) is 0 Å². The van der Waals surface area contributed by atoms with Gasteiger partial charge in [-0.3, -0.25) is 4.79 Å². The van der Waals surface area contributed by atoms with E-state index in [-0.39, 0.29) is 5.91 Å². The van der Waals surface area contributed by atoms with Gasteiger partial charge in [-0.05, 0) is 24.6 Å². The highest BCUT2D eigenvalue weighted by Crippen LogP contribution is 2.09. The number of hydrogen-bond acceptors (Lipinski definition) is 3. The van der Waals surface area contributed by atoms with E-state index in [4.69, 9.17) is 4.74 Å². The van der Waals surface area contributed by atoms with Crippen LogP contribution in [0.3, 0.4) is 0 Å². The summed E-state index contributed by atoms with van der Waals surface area (Å²) in [6.07, 6.45) is 0. The normalized spacial score (nSPS) is 10.4. The third-order valence-electron chi connectivity index (χ3n) is 2.51. The first-order valence-electron chi connectivity index (χ1n) is 5.89. The lowest BCUT2D eigenvalue weighted by Gasteiger charge is -2.08. The number of aryl methyl sites for hydroxylation is 1. The van der Waals surface area contributed by atoms with E-state index in [1.165, 1.54) is 12.1 Å². The van der Waals surface area contributed by atoms with Crippen molar-refractivity contribution in [2.24, 2.45) is 0 Å². The summed E-state index contributed by atoms with van der Waals surface area (Å²) in [5.41, 5.74) is 1.15. The number of hydrogen-bond donors (Lipinski definition) is 2. The number of amides is 1. The first-order chi connectivity index (χ1) is 8.65. The molecule has 100 valence electrons. The van der Waals surface area contributed by atoms with Crippen LogP contribution in [-0.2, 0) is 4.74 Å². The van der Waals surface area contributed by atoms with Gasteiger partial charge in [-0.2, -0.15) is 0 Å².